The van der Waals surface area contributed by atoms with E-state index in [0.29, 0.717) is 5.92 Å². The lowest BCUT2D eigenvalue weighted by Gasteiger charge is -2.08. The summed E-state index contributed by atoms with van der Waals surface area (Å²) in [6.07, 6.45) is 4.33. The molecule has 1 atom stereocenters. The van der Waals surface area contributed by atoms with Gasteiger partial charge in [0.05, 0.1) is 0 Å². The Balaban J connectivity index is 2.62. The van der Waals surface area contributed by atoms with E-state index in [-0.39, 0.29) is 0 Å². The fourth-order valence-electron chi connectivity index (χ4n) is 1.21. The molecule has 0 aliphatic rings. The maximum atomic E-state index is 3.76. The normalized spacial score (nSPS) is 12.8. The highest BCUT2D eigenvalue weighted by Crippen LogP contribution is 2.27. The summed E-state index contributed by atoms with van der Waals surface area (Å²) in [5.41, 5.74) is 0. The SMILES string of the molecule is C=CCC(CC)c1cccs1. The van der Waals surface area contributed by atoms with Crippen LogP contribution in [-0.2, 0) is 0 Å². The average Bonchev–Trinajstić information content (AvgIpc) is 2.52. The van der Waals surface area contributed by atoms with E-state index in [2.05, 4.69) is 31.0 Å². The predicted octanol–water partition coefficient (Wildman–Crippen LogP) is 3.82. The van der Waals surface area contributed by atoms with Crippen LogP contribution in [0.2, 0.25) is 0 Å². The highest BCUT2D eigenvalue weighted by atomic mass is 32.1. The minimum Gasteiger partial charge on any atom is -0.149 e. The van der Waals surface area contributed by atoms with Gasteiger partial charge < -0.3 is 0 Å². The van der Waals surface area contributed by atoms with Gasteiger partial charge in [-0.25, -0.2) is 0 Å². The van der Waals surface area contributed by atoms with Crippen LogP contribution in [0, 0.1) is 0 Å². The molecule has 60 valence electrons. The summed E-state index contributed by atoms with van der Waals surface area (Å²) in [6, 6.07) is 4.33. The third kappa shape index (κ3) is 2.19. The molecule has 1 rings (SSSR count). The second kappa shape index (κ2) is 4.35. The lowest BCUT2D eigenvalue weighted by molar-refractivity contribution is 0.687. The van der Waals surface area contributed by atoms with Crippen molar-refractivity contribution in [2.45, 2.75) is 25.7 Å². The molecule has 0 radical (unpaired) electrons. The number of rotatable bonds is 4. The van der Waals surface area contributed by atoms with Gasteiger partial charge in [-0.15, -0.1) is 17.9 Å². The standard InChI is InChI=1S/C10H14S/c1-3-6-9(4-2)10-7-5-8-11-10/h3,5,7-9H,1,4,6H2,2H3. The summed E-state index contributed by atoms with van der Waals surface area (Å²) in [6.45, 7) is 5.99. The van der Waals surface area contributed by atoms with Crippen LogP contribution in [0.3, 0.4) is 0 Å². The molecule has 0 aliphatic heterocycles. The van der Waals surface area contributed by atoms with Crippen LogP contribution < -0.4 is 0 Å². The molecule has 1 heterocycles. The lowest BCUT2D eigenvalue weighted by Crippen LogP contribution is -1.91. The van der Waals surface area contributed by atoms with Crippen LogP contribution in [0.1, 0.15) is 30.6 Å². The van der Waals surface area contributed by atoms with Gasteiger partial charge in [-0.2, -0.15) is 0 Å². The first-order valence-electron chi connectivity index (χ1n) is 4.02. The molecule has 0 nitrogen and oxygen atoms in total. The third-order valence-corrected chi connectivity index (χ3v) is 2.92. The summed E-state index contributed by atoms with van der Waals surface area (Å²) < 4.78 is 0. The van der Waals surface area contributed by atoms with Crippen molar-refractivity contribution in [3.63, 3.8) is 0 Å². The van der Waals surface area contributed by atoms with E-state index in [9.17, 15) is 0 Å². The Hall–Kier alpha value is -0.560. The molecular weight excluding hydrogens is 152 g/mol. The first-order valence-corrected chi connectivity index (χ1v) is 4.90. The summed E-state index contributed by atoms with van der Waals surface area (Å²) in [5.74, 6) is 0.701. The topological polar surface area (TPSA) is 0 Å². The van der Waals surface area contributed by atoms with Crippen LogP contribution >= 0.6 is 11.3 Å². The van der Waals surface area contributed by atoms with Crippen molar-refractivity contribution in [1.29, 1.82) is 0 Å². The van der Waals surface area contributed by atoms with Gasteiger partial charge in [0.2, 0.25) is 0 Å². The van der Waals surface area contributed by atoms with Gasteiger partial charge in [0.1, 0.15) is 0 Å². The largest absolute Gasteiger partial charge is 0.149 e. The molecule has 1 aromatic rings. The smallest absolute Gasteiger partial charge is 0.00791 e. The molecule has 0 fully saturated rings. The Labute approximate surface area is 72.6 Å². The Bertz CT molecular complexity index is 199. The second-order valence-electron chi connectivity index (χ2n) is 2.64. The fourth-order valence-corrected chi connectivity index (χ4v) is 2.14. The van der Waals surface area contributed by atoms with E-state index in [4.69, 9.17) is 0 Å². The van der Waals surface area contributed by atoms with Crippen LogP contribution in [0.25, 0.3) is 0 Å². The number of hydrogen-bond donors (Lipinski definition) is 0. The highest BCUT2D eigenvalue weighted by molar-refractivity contribution is 7.10. The van der Waals surface area contributed by atoms with Gasteiger partial charge in [-0.3, -0.25) is 0 Å². The Morgan fingerprint density at radius 1 is 1.73 bits per heavy atom. The van der Waals surface area contributed by atoms with E-state index in [1.165, 1.54) is 11.3 Å². The van der Waals surface area contributed by atoms with E-state index in [1.54, 1.807) is 0 Å². The summed E-state index contributed by atoms with van der Waals surface area (Å²) in [7, 11) is 0. The molecule has 0 bridgehead atoms. The zero-order chi connectivity index (χ0) is 8.10. The molecule has 0 spiro atoms. The van der Waals surface area contributed by atoms with Gasteiger partial charge in [-0.1, -0.05) is 19.1 Å². The maximum Gasteiger partial charge on any atom is 0.00791 e. The monoisotopic (exact) mass is 166 g/mol. The minimum atomic E-state index is 0.701. The average molecular weight is 166 g/mol. The maximum absolute atomic E-state index is 3.76. The second-order valence-corrected chi connectivity index (χ2v) is 3.62. The van der Waals surface area contributed by atoms with Gasteiger partial charge in [0, 0.05) is 4.88 Å². The van der Waals surface area contributed by atoms with Crippen LogP contribution in [0.15, 0.2) is 30.2 Å². The summed E-state index contributed by atoms with van der Waals surface area (Å²) in [5, 5.41) is 2.14. The van der Waals surface area contributed by atoms with Crippen molar-refractivity contribution in [3.8, 4) is 0 Å². The molecule has 1 heteroatoms. The molecule has 0 saturated heterocycles. The zero-order valence-corrected chi connectivity index (χ0v) is 7.73. The quantitative estimate of drug-likeness (QED) is 0.596. The fraction of sp³-hybridized carbons (Fsp3) is 0.400. The van der Waals surface area contributed by atoms with Crippen molar-refractivity contribution in [2.24, 2.45) is 0 Å². The van der Waals surface area contributed by atoms with Crippen molar-refractivity contribution in [3.05, 3.63) is 35.0 Å². The molecule has 0 amide bonds. The van der Waals surface area contributed by atoms with Crippen LogP contribution in [0.5, 0.6) is 0 Å². The lowest BCUT2D eigenvalue weighted by atomic mass is 10.0. The Kier molecular flexibility index (Phi) is 3.37. The van der Waals surface area contributed by atoms with Crippen LogP contribution in [0.4, 0.5) is 0 Å². The van der Waals surface area contributed by atoms with Crippen molar-refractivity contribution in [1.82, 2.24) is 0 Å². The number of thiophene rings is 1. The van der Waals surface area contributed by atoms with Crippen LogP contribution in [-0.4, -0.2) is 0 Å². The summed E-state index contributed by atoms with van der Waals surface area (Å²) in [4.78, 5) is 1.49. The first-order chi connectivity index (χ1) is 5.38. The third-order valence-electron chi connectivity index (χ3n) is 1.89. The first kappa shape index (κ1) is 8.54. The van der Waals surface area contributed by atoms with Gasteiger partial charge in [-0.05, 0) is 30.2 Å². The molecule has 0 aliphatic carbocycles. The summed E-state index contributed by atoms with van der Waals surface area (Å²) >= 11 is 1.85. The van der Waals surface area contributed by atoms with Gasteiger partial charge >= 0.3 is 0 Å². The Morgan fingerprint density at radius 3 is 3.00 bits per heavy atom. The van der Waals surface area contributed by atoms with Crippen molar-refractivity contribution >= 4 is 11.3 Å². The molecule has 0 N–H and O–H groups in total. The number of allylic oxidation sites excluding steroid dienone is 1. The molecule has 0 saturated carbocycles. The zero-order valence-electron chi connectivity index (χ0n) is 6.92. The van der Waals surface area contributed by atoms with Crippen molar-refractivity contribution < 1.29 is 0 Å². The molecule has 1 aromatic heterocycles. The van der Waals surface area contributed by atoms with Crippen molar-refractivity contribution in [2.75, 3.05) is 0 Å². The van der Waals surface area contributed by atoms with E-state index in [1.807, 2.05) is 17.4 Å². The predicted molar refractivity (Wildman–Crippen MR) is 52.2 cm³/mol. The Morgan fingerprint density at radius 2 is 2.55 bits per heavy atom. The van der Waals surface area contributed by atoms with Gasteiger partial charge in [0.25, 0.3) is 0 Å². The molecule has 0 aromatic carbocycles. The van der Waals surface area contributed by atoms with E-state index in [0.717, 1.165) is 6.42 Å². The molecular formula is C10H14S. The van der Waals surface area contributed by atoms with Gasteiger partial charge in [0.15, 0.2) is 0 Å². The highest BCUT2D eigenvalue weighted by Gasteiger charge is 2.06. The van der Waals surface area contributed by atoms with E-state index >= 15 is 0 Å². The van der Waals surface area contributed by atoms with E-state index < -0.39 is 0 Å². The minimum absolute atomic E-state index is 0.701. The molecule has 11 heavy (non-hydrogen) atoms. The number of hydrogen-bond acceptors (Lipinski definition) is 1. The molecule has 1 unspecified atom stereocenters.